The topological polar surface area (TPSA) is 67.6 Å². The number of hydrogen-bond acceptors (Lipinski definition) is 3. The van der Waals surface area contributed by atoms with Crippen LogP contribution >= 0.6 is 0 Å². The van der Waals surface area contributed by atoms with E-state index in [4.69, 9.17) is 11.0 Å². The zero-order chi connectivity index (χ0) is 14.3. The second kappa shape index (κ2) is 4.31. The molecule has 3 aromatic rings. The van der Waals surface area contributed by atoms with Gasteiger partial charge in [0.1, 0.15) is 17.4 Å². The van der Waals surface area contributed by atoms with Gasteiger partial charge in [-0.25, -0.2) is 13.8 Å². The molecule has 0 aliphatic rings. The Balaban J connectivity index is 2.33. The van der Waals surface area contributed by atoms with Crippen LogP contribution in [0.4, 0.5) is 14.7 Å². The van der Waals surface area contributed by atoms with E-state index in [2.05, 4.69) is 4.98 Å². The Bertz CT molecular complexity index is 861. The van der Waals surface area contributed by atoms with Gasteiger partial charge in [0, 0.05) is 0 Å². The first kappa shape index (κ1) is 12.1. The van der Waals surface area contributed by atoms with Crippen molar-refractivity contribution in [3.63, 3.8) is 0 Å². The van der Waals surface area contributed by atoms with E-state index in [0.717, 1.165) is 0 Å². The van der Waals surface area contributed by atoms with Gasteiger partial charge < -0.3 is 5.73 Å². The molecule has 0 fully saturated rings. The van der Waals surface area contributed by atoms with Crippen molar-refractivity contribution in [2.75, 3.05) is 5.73 Å². The lowest BCUT2D eigenvalue weighted by Crippen LogP contribution is -2.01. The molecule has 6 heteroatoms. The van der Waals surface area contributed by atoms with Crippen molar-refractivity contribution in [3.05, 3.63) is 53.6 Å². The highest BCUT2D eigenvalue weighted by molar-refractivity contribution is 5.81. The van der Waals surface area contributed by atoms with Crippen LogP contribution in [0.5, 0.6) is 0 Å². The van der Waals surface area contributed by atoms with Crippen molar-refractivity contribution in [1.82, 2.24) is 9.55 Å². The molecular formula is C14H8F2N4. The first-order chi connectivity index (χ1) is 9.61. The van der Waals surface area contributed by atoms with Crippen LogP contribution in [-0.4, -0.2) is 9.55 Å². The van der Waals surface area contributed by atoms with Gasteiger partial charge in [-0.3, -0.25) is 4.57 Å². The molecule has 4 nitrogen and oxygen atoms in total. The van der Waals surface area contributed by atoms with Crippen molar-refractivity contribution in [3.8, 4) is 11.8 Å². The molecule has 0 spiro atoms. The molecule has 3 rings (SSSR count). The SMILES string of the molecule is N#Cc1cc(-n2c(N)nc3c(F)cccc32)ccc1F. The Hall–Kier alpha value is -2.94. The molecule has 98 valence electrons. The predicted molar refractivity (Wildman–Crippen MR) is 70.1 cm³/mol. The number of benzene rings is 2. The van der Waals surface area contributed by atoms with E-state index >= 15 is 0 Å². The maximum atomic E-state index is 13.7. The second-order valence-electron chi connectivity index (χ2n) is 4.19. The number of anilines is 1. The number of nitrogen functional groups attached to an aromatic ring is 1. The number of nitriles is 1. The number of nitrogens with zero attached hydrogens (tertiary/aromatic N) is 3. The minimum absolute atomic E-state index is 0.0700. The lowest BCUT2D eigenvalue weighted by atomic mass is 10.2. The van der Waals surface area contributed by atoms with Crippen LogP contribution in [0, 0.1) is 23.0 Å². The summed E-state index contributed by atoms with van der Waals surface area (Å²) in [7, 11) is 0. The lowest BCUT2D eigenvalue weighted by molar-refractivity contribution is 0.623. The van der Waals surface area contributed by atoms with Crippen molar-refractivity contribution < 1.29 is 8.78 Å². The van der Waals surface area contributed by atoms with Crippen molar-refractivity contribution >= 4 is 17.0 Å². The number of halogens is 2. The minimum atomic E-state index is -0.620. The van der Waals surface area contributed by atoms with Crippen LogP contribution in [0.25, 0.3) is 16.7 Å². The van der Waals surface area contributed by atoms with Crippen molar-refractivity contribution in [1.29, 1.82) is 5.26 Å². The molecule has 0 unspecified atom stereocenters. The molecule has 0 aliphatic carbocycles. The molecule has 0 aliphatic heterocycles. The summed E-state index contributed by atoms with van der Waals surface area (Å²) in [4.78, 5) is 3.96. The molecule has 0 bridgehead atoms. The van der Waals surface area contributed by atoms with E-state index in [9.17, 15) is 8.78 Å². The Morgan fingerprint density at radius 2 is 1.95 bits per heavy atom. The molecule has 1 aromatic heterocycles. The van der Waals surface area contributed by atoms with Crippen molar-refractivity contribution in [2.45, 2.75) is 0 Å². The molecule has 0 atom stereocenters. The lowest BCUT2D eigenvalue weighted by Gasteiger charge is -2.07. The van der Waals surface area contributed by atoms with Crippen molar-refractivity contribution in [2.24, 2.45) is 0 Å². The summed E-state index contributed by atoms with van der Waals surface area (Å²) in [5.41, 5.74) is 6.72. The molecule has 20 heavy (non-hydrogen) atoms. The molecule has 2 aromatic carbocycles. The van der Waals surface area contributed by atoms with E-state index in [1.165, 1.54) is 34.9 Å². The second-order valence-corrected chi connectivity index (χ2v) is 4.19. The minimum Gasteiger partial charge on any atom is -0.369 e. The monoisotopic (exact) mass is 270 g/mol. The predicted octanol–water partition coefficient (Wildman–Crippen LogP) is 2.76. The maximum absolute atomic E-state index is 13.7. The van der Waals surface area contributed by atoms with Gasteiger partial charge in [0.15, 0.2) is 5.82 Å². The first-order valence-electron chi connectivity index (χ1n) is 5.74. The van der Waals surface area contributed by atoms with E-state index < -0.39 is 11.6 Å². The van der Waals surface area contributed by atoms with Gasteiger partial charge in [-0.15, -0.1) is 0 Å². The number of hydrogen-bond donors (Lipinski definition) is 1. The average Bonchev–Trinajstić information content (AvgIpc) is 2.77. The van der Waals surface area contributed by atoms with Gasteiger partial charge in [-0.1, -0.05) is 6.07 Å². The highest BCUT2D eigenvalue weighted by Gasteiger charge is 2.14. The molecule has 2 N–H and O–H groups in total. The van der Waals surface area contributed by atoms with Gasteiger partial charge in [-0.05, 0) is 30.3 Å². The molecule has 0 saturated carbocycles. The smallest absolute Gasteiger partial charge is 0.206 e. The Labute approximate surface area is 112 Å². The standard InChI is InChI=1S/C14H8F2N4/c15-10-5-4-9(6-8(10)7-17)20-12-3-1-2-11(16)13(12)19-14(20)18/h1-6H,(H2,18,19). The fourth-order valence-corrected chi connectivity index (χ4v) is 2.09. The highest BCUT2D eigenvalue weighted by atomic mass is 19.1. The van der Waals surface area contributed by atoms with Gasteiger partial charge in [0.2, 0.25) is 5.95 Å². The van der Waals surface area contributed by atoms with E-state index in [0.29, 0.717) is 11.2 Å². The molecule has 1 heterocycles. The molecule has 0 saturated heterocycles. The highest BCUT2D eigenvalue weighted by Crippen LogP contribution is 2.25. The number of aromatic nitrogens is 2. The van der Waals surface area contributed by atoms with Crippen LogP contribution < -0.4 is 5.73 Å². The Morgan fingerprint density at radius 3 is 2.70 bits per heavy atom. The Kier molecular flexibility index (Phi) is 2.61. The number of para-hydroxylation sites is 1. The summed E-state index contributed by atoms with van der Waals surface area (Å²) in [6.07, 6.45) is 0. The largest absolute Gasteiger partial charge is 0.369 e. The summed E-state index contributed by atoms with van der Waals surface area (Å²) >= 11 is 0. The molecular weight excluding hydrogens is 262 g/mol. The first-order valence-corrected chi connectivity index (χ1v) is 5.74. The molecule has 0 radical (unpaired) electrons. The zero-order valence-electron chi connectivity index (χ0n) is 10.1. The number of imidazole rings is 1. The van der Waals surface area contributed by atoms with Crippen LogP contribution in [0.1, 0.15) is 5.56 Å². The zero-order valence-corrected chi connectivity index (χ0v) is 10.1. The summed E-state index contributed by atoms with van der Waals surface area (Å²) in [6, 6.07) is 10.2. The van der Waals surface area contributed by atoms with Gasteiger partial charge in [0.25, 0.3) is 0 Å². The van der Waals surface area contributed by atoms with Crippen LogP contribution in [0.2, 0.25) is 0 Å². The number of nitrogens with two attached hydrogens (primary N) is 1. The quantitative estimate of drug-likeness (QED) is 0.739. The summed E-state index contributed by atoms with van der Waals surface area (Å²) in [5, 5.41) is 8.86. The fourth-order valence-electron chi connectivity index (χ4n) is 2.09. The van der Waals surface area contributed by atoms with E-state index in [1.54, 1.807) is 12.1 Å². The van der Waals surface area contributed by atoms with Crippen LogP contribution in [0.3, 0.4) is 0 Å². The van der Waals surface area contributed by atoms with Gasteiger partial charge >= 0.3 is 0 Å². The van der Waals surface area contributed by atoms with E-state index in [1.807, 2.05) is 0 Å². The number of rotatable bonds is 1. The summed E-state index contributed by atoms with van der Waals surface area (Å²) in [5.74, 6) is -1.04. The van der Waals surface area contributed by atoms with Gasteiger partial charge in [-0.2, -0.15) is 5.26 Å². The summed E-state index contributed by atoms with van der Waals surface area (Å²) < 4.78 is 28.5. The van der Waals surface area contributed by atoms with Crippen LogP contribution in [0.15, 0.2) is 36.4 Å². The third-order valence-corrected chi connectivity index (χ3v) is 2.99. The number of fused-ring (bicyclic) bond motifs is 1. The maximum Gasteiger partial charge on any atom is 0.206 e. The summed E-state index contributed by atoms with van der Waals surface area (Å²) in [6.45, 7) is 0. The third kappa shape index (κ3) is 1.68. The normalized spacial score (nSPS) is 10.7. The van der Waals surface area contributed by atoms with E-state index in [-0.39, 0.29) is 17.0 Å². The van der Waals surface area contributed by atoms with Gasteiger partial charge in [0.05, 0.1) is 16.8 Å². The van der Waals surface area contributed by atoms with Crippen LogP contribution in [-0.2, 0) is 0 Å². The third-order valence-electron chi connectivity index (χ3n) is 2.99. The molecule has 0 amide bonds. The fraction of sp³-hybridized carbons (Fsp3) is 0. The Morgan fingerprint density at radius 1 is 1.15 bits per heavy atom. The average molecular weight is 270 g/mol.